The first kappa shape index (κ1) is 13.7. The Morgan fingerprint density at radius 2 is 1.89 bits per heavy atom. The summed E-state index contributed by atoms with van der Waals surface area (Å²) in [5.74, 6) is -0.161. The summed E-state index contributed by atoms with van der Waals surface area (Å²) >= 11 is 11.5. The van der Waals surface area contributed by atoms with Crippen molar-refractivity contribution in [2.45, 2.75) is 13.8 Å². The predicted molar refractivity (Wildman–Crippen MR) is 72.1 cm³/mol. The molecule has 0 spiro atoms. The van der Waals surface area contributed by atoms with Crippen LogP contribution in [0.4, 0.5) is 5.69 Å². The number of aryl methyl sites for hydroxylation is 2. The zero-order chi connectivity index (χ0) is 14.2. The summed E-state index contributed by atoms with van der Waals surface area (Å²) in [4.78, 5) is 16.0. The Labute approximate surface area is 119 Å². The van der Waals surface area contributed by atoms with E-state index in [-0.39, 0.29) is 21.6 Å². The van der Waals surface area contributed by atoms with Crippen LogP contribution in [0, 0.1) is 13.8 Å². The molecule has 2 rings (SSSR count). The molecule has 2 N–H and O–H groups in total. The highest BCUT2D eigenvalue weighted by Crippen LogP contribution is 2.34. The molecule has 0 radical (unpaired) electrons. The number of nitrogens with one attached hydrogen (secondary N) is 1. The third kappa shape index (κ3) is 2.83. The Balaban J connectivity index is 2.27. The van der Waals surface area contributed by atoms with Gasteiger partial charge in [0, 0.05) is 12.6 Å². The fourth-order valence-electron chi connectivity index (χ4n) is 1.57. The molecule has 7 heteroatoms. The van der Waals surface area contributed by atoms with Gasteiger partial charge >= 0.3 is 0 Å². The molecule has 0 fully saturated rings. The number of hydrogen-bond acceptors (Lipinski definition) is 4. The van der Waals surface area contributed by atoms with Crippen molar-refractivity contribution in [3.8, 4) is 5.75 Å². The van der Waals surface area contributed by atoms with E-state index in [0.717, 1.165) is 0 Å². The Morgan fingerprint density at radius 1 is 1.32 bits per heavy atom. The molecule has 1 heterocycles. The Morgan fingerprint density at radius 3 is 2.37 bits per heavy atom. The standard InChI is InChI=1S/C12H10Cl2N2O3/c1-5-11(19-6(2)15-5)12(18)16-7-3-8(13)10(17)9(14)4-7/h3-4,17H,1-2H3,(H,16,18). The molecule has 2 aromatic rings. The molecule has 100 valence electrons. The van der Waals surface area contributed by atoms with Gasteiger partial charge in [0.25, 0.3) is 5.91 Å². The van der Waals surface area contributed by atoms with E-state index >= 15 is 0 Å². The van der Waals surface area contributed by atoms with E-state index < -0.39 is 5.91 Å². The Bertz CT molecular complexity index is 629. The lowest BCUT2D eigenvalue weighted by molar-refractivity contribution is 0.0994. The van der Waals surface area contributed by atoms with Gasteiger partial charge in [0.05, 0.1) is 15.7 Å². The first-order chi connectivity index (χ1) is 8.88. The zero-order valence-electron chi connectivity index (χ0n) is 10.1. The minimum atomic E-state index is -0.462. The molecule has 0 bridgehead atoms. The summed E-state index contributed by atoms with van der Waals surface area (Å²) in [6.07, 6.45) is 0. The molecule has 5 nitrogen and oxygen atoms in total. The van der Waals surface area contributed by atoms with E-state index in [1.165, 1.54) is 12.1 Å². The van der Waals surface area contributed by atoms with Gasteiger partial charge in [0.1, 0.15) is 0 Å². The number of benzene rings is 1. The van der Waals surface area contributed by atoms with E-state index in [0.29, 0.717) is 17.3 Å². The molecule has 0 aliphatic carbocycles. The Kier molecular flexibility index (Phi) is 3.68. The highest BCUT2D eigenvalue weighted by molar-refractivity contribution is 6.37. The van der Waals surface area contributed by atoms with E-state index in [2.05, 4.69) is 10.3 Å². The first-order valence-electron chi connectivity index (χ1n) is 5.32. The van der Waals surface area contributed by atoms with Gasteiger partial charge in [0.2, 0.25) is 5.76 Å². The van der Waals surface area contributed by atoms with Crippen LogP contribution in [-0.4, -0.2) is 16.0 Å². The minimum Gasteiger partial charge on any atom is -0.505 e. The molecular formula is C12H10Cl2N2O3. The van der Waals surface area contributed by atoms with Crippen molar-refractivity contribution >= 4 is 34.8 Å². The van der Waals surface area contributed by atoms with Gasteiger partial charge < -0.3 is 14.8 Å². The van der Waals surface area contributed by atoms with Crippen molar-refractivity contribution < 1.29 is 14.3 Å². The summed E-state index contributed by atoms with van der Waals surface area (Å²) in [5.41, 5.74) is 0.845. The van der Waals surface area contributed by atoms with Crippen LogP contribution in [0.15, 0.2) is 16.5 Å². The molecule has 1 aromatic heterocycles. The second-order valence-corrected chi connectivity index (χ2v) is 4.70. The SMILES string of the molecule is Cc1nc(C)c(C(=O)Nc2cc(Cl)c(O)c(Cl)c2)o1. The smallest absolute Gasteiger partial charge is 0.293 e. The van der Waals surface area contributed by atoms with Gasteiger partial charge in [-0.05, 0) is 19.1 Å². The lowest BCUT2D eigenvalue weighted by Gasteiger charge is -2.06. The predicted octanol–water partition coefficient (Wildman–Crippen LogP) is 3.56. The van der Waals surface area contributed by atoms with Crippen LogP contribution in [0.1, 0.15) is 22.1 Å². The monoisotopic (exact) mass is 300 g/mol. The van der Waals surface area contributed by atoms with Crippen LogP contribution in [0.5, 0.6) is 5.75 Å². The van der Waals surface area contributed by atoms with E-state index in [1.807, 2.05) is 0 Å². The summed E-state index contributed by atoms with van der Waals surface area (Å²) < 4.78 is 5.19. The number of carbonyl (C=O) groups excluding carboxylic acids is 1. The fourth-order valence-corrected chi connectivity index (χ4v) is 2.05. The molecule has 0 unspecified atom stereocenters. The number of amides is 1. The van der Waals surface area contributed by atoms with E-state index in [1.54, 1.807) is 13.8 Å². The number of phenols is 1. The number of anilines is 1. The van der Waals surface area contributed by atoms with Gasteiger partial charge in [0.15, 0.2) is 11.6 Å². The van der Waals surface area contributed by atoms with Crippen LogP contribution in [-0.2, 0) is 0 Å². The van der Waals surface area contributed by atoms with Crippen molar-refractivity contribution in [1.82, 2.24) is 4.98 Å². The van der Waals surface area contributed by atoms with Crippen LogP contribution in [0.3, 0.4) is 0 Å². The van der Waals surface area contributed by atoms with Crippen molar-refractivity contribution in [1.29, 1.82) is 0 Å². The number of nitrogens with zero attached hydrogens (tertiary/aromatic N) is 1. The first-order valence-corrected chi connectivity index (χ1v) is 6.07. The third-order valence-electron chi connectivity index (χ3n) is 2.38. The number of oxazole rings is 1. The van der Waals surface area contributed by atoms with Gasteiger partial charge in [-0.3, -0.25) is 4.79 Å². The highest BCUT2D eigenvalue weighted by atomic mass is 35.5. The van der Waals surface area contributed by atoms with Crippen molar-refractivity contribution in [3.63, 3.8) is 0 Å². The summed E-state index contributed by atoms with van der Waals surface area (Å²) in [5, 5.41) is 12.1. The number of aromatic nitrogens is 1. The second-order valence-electron chi connectivity index (χ2n) is 3.89. The lowest BCUT2D eigenvalue weighted by Crippen LogP contribution is -2.12. The highest BCUT2D eigenvalue weighted by Gasteiger charge is 2.17. The normalized spacial score (nSPS) is 10.5. The molecule has 0 saturated heterocycles. The average Bonchev–Trinajstić information content (AvgIpc) is 2.65. The molecule has 1 aromatic carbocycles. The molecular weight excluding hydrogens is 291 g/mol. The number of halogens is 2. The van der Waals surface area contributed by atoms with Crippen LogP contribution in [0.2, 0.25) is 10.0 Å². The van der Waals surface area contributed by atoms with Crippen LogP contribution < -0.4 is 5.32 Å². The van der Waals surface area contributed by atoms with Crippen LogP contribution in [0.25, 0.3) is 0 Å². The second kappa shape index (κ2) is 5.11. The molecule has 0 aliphatic heterocycles. The topological polar surface area (TPSA) is 75.4 Å². The minimum absolute atomic E-state index is 0.0493. The zero-order valence-corrected chi connectivity index (χ0v) is 11.6. The molecule has 0 aliphatic rings. The Hall–Kier alpha value is -1.72. The van der Waals surface area contributed by atoms with Gasteiger partial charge in [-0.15, -0.1) is 0 Å². The summed E-state index contributed by atoms with van der Waals surface area (Å²) in [7, 11) is 0. The number of aromatic hydroxyl groups is 1. The van der Waals surface area contributed by atoms with E-state index in [4.69, 9.17) is 27.6 Å². The van der Waals surface area contributed by atoms with Crippen molar-refractivity contribution in [2.24, 2.45) is 0 Å². The number of hydrogen-bond donors (Lipinski definition) is 2. The average molecular weight is 301 g/mol. The largest absolute Gasteiger partial charge is 0.505 e. The number of rotatable bonds is 2. The maximum atomic E-state index is 12.0. The summed E-state index contributed by atoms with van der Waals surface area (Å²) in [6.45, 7) is 3.32. The molecule has 19 heavy (non-hydrogen) atoms. The summed E-state index contributed by atoms with van der Waals surface area (Å²) in [6, 6.07) is 2.78. The van der Waals surface area contributed by atoms with Crippen molar-refractivity contribution in [3.05, 3.63) is 39.5 Å². The fraction of sp³-hybridized carbons (Fsp3) is 0.167. The van der Waals surface area contributed by atoms with Gasteiger partial charge in [-0.1, -0.05) is 23.2 Å². The number of carbonyl (C=O) groups is 1. The van der Waals surface area contributed by atoms with Crippen LogP contribution >= 0.6 is 23.2 Å². The van der Waals surface area contributed by atoms with Crippen molar-refractivity contribution in [2.75, 3.05) is 5.32 Å². The molecule has 0 saturated carbocycles. The maximum absolute atomic E-state index is 12.0. The third-order valence-corrected chi connectivity index (χ3v) is 2.96. The van der Waals surface area contributed by atoms with Gasteiger partial charge in [-0.2, -0.15) is 0 Å². The maximum Gasteiger partial charge on any atom is 0.293 e. The van der Waals surface area contributed by atoms with E-state index in [9.17, 15) is 9.90 Å². The lowest BCUT2D eigenvalue weighted by atomic mass is 10.2. The quantitative estimate of drug-likeness (QED) is 0.832. The molecule has 0 atom stereocenters. The number of phenolic OH excluding ortho intramolecular Hbond substituents is 1. The molecule has 1 amide bonds. The van der Waals surface area contributed by atoms with Gasteiger partial charge in [-0.25, -0.2) is 4.98 Å².